The lowest BCUT2D eigenvalue weighted by Gasteiger charge is -2.22. The molecular formula is C19H20BrClN2O. The quantitative estimate of drug-likeness (QED) is 0.750. The van der Waals surface area contributed by atoms with Gasteiger partial charge in [0.25, 0.3) is 5.91 Å². The van der Waals surface area contributed by atoms with E-state index in [4.69, 9.17) is 11.6 Å². The first-order valence-electron chi connectivity index (χ1n) is 8.13. The molecular weight excluding hydrogens is 388 g/mol. The first kappa shape index (κ1) is 17.5. The number of hydrogen-bond donors (Lipinski definition) is 0. The minimum absolute atomic E-state index is 0.0711. The molecule has 1 aliphatic heterocycles. The van der Waals surface area contributed by atoms with Crippen LogP contribution in [0.1, 0.15) is 22.3 Å². The highest BCUT2D eigenvalue weighted by Gasteiger charge is 2.20. The summed E-state index contributed by atoms with van der Waals surface area (Å²) in [6, 6.07) is 15.6. The lowest BCUT2D eigenvalue weighted by molar-refractivity contribution is 0.0761. The molecule has 1 saturated heterocycles. The average Bonchev–Trinajstić information content (AvgIpc) is 2.80. The second-order valence-corrected chi connectivity index (χ2v) is 7.41. The number of hydrogen-bond acceptors (Lipinski definition) is 2. The second kappa shape index (κ2) is 8.15. The maximum absolute atomic E-state index is 12.7. The Morgan fingerprint density at radius 1 is 1.04 bits per heavy atom. The van der Waals surface area contributed by atoms with Crippen LogP contribution < -0.4 is 0 Å². The van der Waals surface area contributed by atoms with E-state index in [-0.39, 0.29) is 5.91 Å². The van der Waals surface area contributed by atoms with Crippen LogP contribution in [0.25, 0.3) is 0 Å². The molecule has 0 atom stereocenters. The van der Waals surface area contributed by atoms with Gasteiger partial charge in [-0.1, -0.05) is 45.7 Å². The molecule has 0 spiro atoms. The SMILES string of the molecule is O=C(c1cccc(Cl)c1)N1CCCN(Cc2cccc(Br)c2)CC1. The lowest BCUT2D eigenvalue weighted by Crippen LogP contribution is -2.35. The third kappa shape index (κ3) is 4.59. The van der Waals surface area contributed by atoms with Gasteiger partial charge in [0.1, 0.15) is 0 Å². The number of amides is 1. The van der Waals surface area contributed by atoms with E-state index in [1.54, 1.807) is 12.1 Å². The zero-order valence-corrected chi connectivity index (χ0v) is 15.8. The van der Waals surface area contributed by atoms with Crippen molar-refractivity contribution in [3.63, 3.8) is 0 Å². The number of carbonyl (C=O) groups is 1. The van der Waals surface area contributed by atoms with Gasteiger partial charge in [0.15, 0.2) is 0 Å². The minimum atomic E-state index is 0.0711. The van der Waals surface area contributed by atoms with Crippen molar-refractivity contribution in [1.29, 1.82) is 0 Å². The van der Waals surface area contributed by atoms with E-state index in [1.165, 1.54) is 5.56 Å². The van der Waals surface area contributed by atoms with Crippen LogP contribution in [-0.2, 0) is 6.54 Å². The number of nitrogens with zero attached hydrogens (tertiary/aromatic N) is 2. The Kier molecular flexibility index (Phi) is 5.93. The Hall–Kier alpha value is -1.36. The van der Waals surface area contributed by atoms with Gasteiger partial charge in [0.05, 0.1) is 0 Å². The van der Waals surface area contributed by atoms with Gasteiger partial charge in [-0.15, -0.1) is 0 Å². The molecule has 126 valence electrons. The van der Waals surface area contributed by atoms with Crippen LogP contribution in [0.15, 0.2) is 53.0 Å². The van der Waals surface area contributed by atoms with E-state index in [0.717, 1.165) is 43.6 Å². The predicted molar refractivity (Wildman–Crippen MR) is 101 cm³/mol. The molecule has 5 heteroatoms. The monoisotopic (exact) mass is 406 g/mol. The summed E-state index contributed by atoms with van der Waals surface area (Å²) in [6.45, 7) is 4.35. The number of carbonyl (C=O) groups excluding carboxylic acids is 1. The van der Waals surface area contributed by atoms with Gasteiger partial charge < -0.3 is 4.90 Å². The molecule has 1 fully saturated rings. The molecule has 24 heavy (non-hydrogen) atoms. The zero-order chi connectivity index (χ0) is 16.9. The molecule has 0 unspecified atom stereocenters. The predicted octanol–water partition coefficient (Wildman–Crippen LogP) is 4.45. The standard InChI is InChI=1S/C19H20BrClN2O/c20-17-6-1-4-15(12-17)14-22-8-3-9-23(11-10-22)19(24)16-5-2-7-18(21)13-16/h1-2,4-7,12-13H,3,8-11,14H2. The van der Waals surface area contributed by atoms with Crippen molar-refractivity contribution in [3.8, 4) is 0 Å². The topological polar surface area (TPSA) is 23.6 Å². The van der Waals surface area contributed by atoms with E-state index >= 15 is 0 Å². The van der Waals surface area contributed by atoms with Crippen molar-refractivity contribution >= 4 is 33.4 Å². The minimum Gasteiger partial charge on any atom is -0.337 e. The van der Waals surface area contributed by atoms with Gasteiger partial charge in [0, 0.05) is 47.8 Å². The second-order valence-electron chi connectivity index (χ2n) is 6.06. The van der Waals surface area contributed by atoms with Gasteiger partial charge >= 0.3 is 0 Å². The highest BCUT2D eigenvalue weighted by molar-refractivity contribution is 9.10. The van der Waals surface area contributed by atoms with Gasteiger partial charge in [-0.05, 0) is 42.3 Å². The summed E-state index contributed by atoms with van der Waals surface area (Å²) in [4.78, 5) is 17.0. The van der Waals surface area contributed by atoms with Crippen LogP contribution in [0.3, 0.4) is 0 Å². The van der Waals surface area contributed by atoms with Crippen LogP contribution in [0.5, 0.6) is 0 Å². The Morgan fingerprint density at radius 2 is 1.88 bits per heavy atom. The summed E-state index contributed by atoms with van der Waals surface area (Å²) >= 11 is 9.52. The molecule has 3 nitrogen and oxygen atoms in total. The highest BCUT2D eigenvalue weighted by Crippen LogP contribution is 2.17. The van der Waals surface area contributed by atoms with Crippen molar-refractivity contribution in [2.24, 2.45) is 0 Å². The maximum Gasteiger partial charge on any atom is 0.253 e. The van der Waals surface area contributed by atoms with Crippen LogP contribution >= 0.6 is 27.5 Å². The smallest absolute Gasteiger partial charge is 0.253 e. The summed E-state index contributed by atoms with van der Waals surface area (Å²) in [5, 5.41) is 0.604. The summed E-state index contributed by atoms with van der Waals surface area (Å²) < 4.78 is 1.10. The van der Waals surface area contributed by atoms with E-state index in [2.05, 4.69) is 39.0 Å². The first-order chi connectivity index (χ1) is 11.6. The maximum atomic E-state index is 12.7. The van der Waals surface area contributed by atoms with Gasteiger partial charge in [-0.2, -0.15) is 0 Å². The third-order valence-corrected chi connectivity index (χ3v) is 4.97. The van der Waals surface area contributed by atoms with Crippen molar-refractivity contribution in [2.75, 3.05) is 26.2 Å². The Balaban J connectivity index is 1.61. The Bertz CT molecular complexity index is 722. The Labute approximate surface area is 156 Å². The van der Waals surface area contributed by atoms with Crippen molar-refractivity contribution < 1.29 is 4.79 Å². The molecule has 1 heterocycles. The summed E-state index contributed by atoms with van der Waals surface area (Å²) in [7, 11) is 0. The summed E-state index contributed by atoms with van der Waals surface area (Å²) in [5.41, 5.74) is 1.96. The molecule has 3 rings (SSSR count). The zero-order valence-electron chi connectivity index (χ0n) is 13.4. The van der Waals surface area contributed by atoms with Gasteiger partial charge in [-0.3, -0.25) is 9.69 Å². The lowest BCUT2D eigenvalue weighted by atomic mass is 10.2. The molecule has 0 saturated carbocycles. The summed E-state index contributed by atoms with van der Waals surface area (Å²) in [5.74, 6) is 0.0711. The van der Waals surface area contributed by atoms with Crippen molar-refractivity contribution in [3.05, 3.63) is 69.2 Å². The van der Waals surface area contributed by atoms with E-state index in [0.29, 0.717) is 10.6 Å². The molecule has 0 radical (unpaired) electrons. The fraction of sp³-hybridized carbons (Fsp3) is 0.316. The fourth-order valence-electron chi connectivity index (χ4n) is 3.03. The highest BCUT2D eigenvalue weighted by atomic mass is 79.9. The van der Waals surface area contributed by atoms with E-state index < -0.39 is 0 Å². The van der Waals surface area contributed by atoms with Crippen molar-refractivity contribution in [2.45, 2.75) is 13.0 Å². The van der Waals surface area contributed by atoms with Crippen LogP contribution in [0.2, 0.25) is 5.02 Å². The molecule has 0 aliphatic carbocycles. The first-order valence-corrected chi connectivity index (χ1v) is 9.30. The molecule has 0 N–H and O–H groups in total. The van der Waals surface area contributed by atoms with Crippen molar-refractivity contribution in [1.82, 2.24) is 9.80 Å². The molecule has 2 aromatic carbocycles. The number of benzene rings is 2. The Morgan fingerprint density at radius 3 is 2.67 bits per heavy atom. The number of rotatable bonds is 3. The fourth-order valence-corrected chi connectivity index (χ4v) is 3.67. The normalized spacial score (nSPS) is 16.0. The van der Waals surface area contributed by atoms with Crippen LogP contribution in [0.4, 0.5) is 0 Å². The molecule has 2 aromatic rings. The van der Waals surface area contributed by atoms with E-state index in [1.807, 2.05) is 23.1 Å². The number of halogens is 2. The average molecular weight is 408 g/mol. The third-order valence-electron chi connectivity index (χ3n) is 4.24. The molecule has 0 aromatic heterocycles. The largest absolute Gasteiger partial charge is 0.337 e. The van der Waals surface area contributed by atoms with Crippen LogP contribution in [0, 0.1) is 0 Å². The van der Waals surface area contributed by atoms with E-state index in [9.17, 15) is 4.79 Å². The molecule has 1 amide bonds. The van der Waals surface area contributed by atoms with Gasteiger partial charge in [0.2, 0.25) is 0 Å². The van der Waals surface area contributed by atoms with Gasteiger partial charge in [-0.25, -0.2) is 0 Å². The van der Waals surface area contributed by atoms with Crippen LogP contribution in [-0.4, -0.2) is 41.9 Å². The summed E-state index contributed by atoms with van der Waals surface area (Å²) in [6.07, 6.45) is 0.986. The molecule has 1 aliphatic rings. The molecule has 0 bridgehead atoms.